The van der Waals surface area contributed by atoms with Crippen molar-refractivity contribution in [3.8, 4) is 5.75 Å². The fraction of sp³-hybridized carbons (Fsp3) is 0.600. The maximum atomic E-state index is 12.7. The van der Waals surface area contributed by atoms with Crippen LogP contribution in [0.3, 0.4) is 0 Å². The van der Waals surface area contributed by atoms with Crippen LogP contribution in [-0.4, -0.2) is 37.3 Å². The number of amides is 1. The lowest BCUT2D eigenvalue weighted by Crippen LogP contribution is -2.42. The lowest BCUT2D eigenvalue weighted by atomic mass is 9.99. The van der Waals surface area contributed by atoms with Gasteiger partial charge >= 0.3 is 5.97 Å². The van der Waals surface area contributed by atoms with Gasteiger partial charge in [-0.15, -0.1) is 0 Å². The monoisotopic (exact) mass is 365 g/mol. The van der Waals surface area contributed by atoms with E-state index in [4.69, 9.17) is 14.2 Å². The average Bonchev–Trinajstić information content (AvgIpc) is 2.61. The first-order valence-electron chi connectivity index (χ1n) is 9.31. The zero-order valence-corrected chi connectivity index (χ0v) is 16.5. The zero-order chi connectivity index (χ0) is 19.6. The van der Waals surface area contributed by atoms with Crippen molar-refractivity contribution in [1.29, 1.82) is 0 Å². The number of ether oxygens (including phenoxy) is 3. The van der Waals surface area contributed by atoms with Gasteiger partial charge in [-0.2, -0.15) is 0 Å². The van der Waals surface area contributed by atoms with Crippen LogP contribution in [0.4, 0.5) is 5.69 Å². The molecule has 0 bridgehead atoms. The molecule has 1 amide bonds. The van der Waals surface area contributed by atoms with Crippen LogP contribution < -0.4 is 10.1 Å². The summed E-state index contributed by atoms with van der Waals surface area (Å²) in [6.07, 6.45) is 2.25. The summed E-state index contributed by atoms with van der Waals surface area (Å²) in [7, 11) is 0. The van der Waals surface area contributed by atoms with Crippen molar-refractivity contribution in [1.82, 2.24) is 0 Å². The van der Waals surface area contributed by atoms with Crippen LogP contribution in [0.2, 0.25) is 0 Å². The molecule has 6 heteroatoms. The van der Waals surface area contributed by atoms with Crippen LogP contribution in [0.15, 0.2) is 18.2 Å². The van der Waals surface area contributed by atoms with E-state index >= 15 is 0 Å². The second-order valence-electron chi connectivity index (χ2n) is 6.15. The Balaban J connectivity index is 3.07. The van der Waals surface area contributed by atoms with Gasteiger partial charge in [0.05, 0.1) is 13.2 Å². The predicted molar refractivity (Wildman–Crippen MR) is 102 cm³/mol. The minimum absolute atomic E-state index is 0.238. The minimum atomic E-state index is -0.912. The van der Waals surface area contributed by atoms with Gasteiger partial charge in [0.2, 0.25) is 0 Å². The number of benzene rings is 1. The number of anilines is 1. The molecule has 1 atom stereocenters. The molecule has 146 valence electrons. The van der Waals surface area contributed by atoms with E-state index in [0.717, 1.165) is 12.8 Å². The summed E-state index contributed by atoms with van der Waals surface area (Å²) < 4.78 is 16.4. The Morgan fingerprint density at radius 2 is 1.81 bits per heavy atom. The van der Waals surface area contributed by atoms with Gasteiger partial charge < -0.3 is 19.5 Å². The molecule has 0 saturated carbocycles. The SMILES string of the molecule is CCCOc1ccc(NC(=O)[C@@](C)(CCC)OCC)cc1C(=O)OCC. The van der Waals surface area contributed by atoms with Crippen LogP contribution in [0, 0.1) is 0 Å². The molecule has 0 aromatic heterocycles. The first kappa shape index (κ1) is 22.0. The maximum Gasteiger partial charge on any atom is 0.341 e. The highest BCUT2D eigenvalue weighted by atomic mass is 16.5. The van der Waals surface area contributed by atoms with Gasteiger partial charge in [-0.3, -0.25) is 4.79 Å². The van der Waals surface area contributed by atoms with E-state index in [2.05, 4.69) is 5.32 Å². The number of hydrogen-bond acceptors (Lipinski definition) is 5. The molecule has 0 spiro atoms. The first-order valence-corrected chi connectivity index (χ1v) is 9.31. The van der Waals surface area contributed by atoms with Crippen molar-refractivity contribution >= 4 is 17.6 Å². The Kier molecular flexibility index (Phi) is 9.13. The van der Waals surface area contributed by atoms with E-state index in [-0.39, 0.29) is 12.5 Å². The van der Waals surface area contributed by atoms with Gasteiger partial charge in [0.25, 0.3) is 5.91 Å². The van der Waals surface area contributed by atoms with E-state index in [1.807, 2.05) is 20.8 Å². The third-order valence-electron chi connectivity index (χ3n) is 3.86. The highest BCUT2D eigenvalue weighted by molar-refractivity contribution is 5.99. The lowest BCUT2D eigenvalue weighted by molar-refractivity contribution is -0.139. The second-order valence-corrected chi connectivity index (χ2v) is 6.15. The molecule has 0 heterocycles. The Morgan fingerprint density at radius 1 is 1.08 bits per heavy atom. The van der Waals surface area contributed by atoms with Gasteiger partial charge in [0, 0.05) is 12.3 Å². The first-order chi connectivity index (χ1) is 12.4. The summed E-state index contributed by atoms with van der Waals surface area (Å²) in [4.78, 5) is 24.9. The summed E-state index contributed by atoms with van der Waals surface area (Å²) >= 11 is 0. The van der Waals surface area contributed by atoms with Crippen LogP contribution in [0.5, 0.6) is 5.75 Å². The summed E-state index contributed by atoms with van der Waals surface area (Å²) in [6.45, 7) is 10.6. The van der Waals surface area contributed by atoms with E-state index in [1.54, 1.807) is 32.0 Å². The molecule has 0 fully saturated rings. The van der Waals surface area contributed by atoms with Gasteiger partial charge in [-0.1, -0.05) is 20.3 Å². The molecule has 0 aliphatic rings. The van der Waals surface area contributed by atoms with Gasteiger partial charge in [0.1, 0.15) is 16.9 Å². The summed E-state index contributed by atoms with van der Waals surface area (Å²) in [5, 5.41) is 2.85. The Morgan fingerprint density at radius 3 is 2.38 bits per heavy atom. The normalized spacial score (nSPS) is 13.0. The van der Waals surface area contributed by atoms with E-state index in [9.17, 15) is 9.59 Å². The van der Waals surface area contributed by atoms with Crippen molar-refractivity contribution in [2.24, 2.45) is 0 Å². The number of esters is 1. The molecule has 26 heavy (non-hydrogen) atoms. The number of carbonyl (C=O) groups is 2. The lowest BCUT2D eigenvalue weighted by Gasteiger charge is -2.28. The molecule has 1 rings (SSSR count). The van der Waals surface area contributed by atoms with E-state index < -0.39 is 11.6 Å². The minimum Gasteiger partial charge on any atom is -0.493 e. The highest BCUT2D eigenvalue weighted by Gasteiger charge is 2.33. The molecule has 0 unspecified atom stereocenters. The summed E-state index contributed by atoms with van der Waals surface area (Å²) in [5.74, 6) is -0.265. The molecule has 0 saturated heterocycles. The van der Waals surface area contributed by atoms with Crippen LogP contribution in [0.1, 0.15) is 64.2 Å². The third kappa shape index (κ3) is 6.02. The summed E-state index contributed by atoms with van der Waals surface area (Å²) in [6, 6.07) is 4.97. The van der Waals surface area contributed by atoms with Crippen molar-refractivity contribution in [2.45, 2.75) is 59.5 Å². The molecular formula is C20H31NO5. The smallest absolute Gasteiger partial charge is 0.341 e. The molecule has 0 aliphatic heterocycles. The second kappa shape index (κ2) is 10.8. The van der Waals surface area contributed by atoms with Crippen molar-refractivity contribution in [2.75, 3.05) is 25.1 Å². The maximum absolute atomic E-state index is 12.7. The fourth-order valence-corrected chi connectivity index (χ4v) is 2.62. The molecular weight excluding hydrogens is 334 g/mol. The van der Waals surface area contributed by atoms with Crippen LogP contribution in [-0.2, 0) is 14.3 Å². The van der Waals surface area contributed by atoms with Crippen LogP contribution in [0.25, 0.3) is 0 Å². The Hall–Kier alpha value is -2.08. The molecule has 1 aromatic rings. The molecule has 6 nitrogen and oxygen atoms in total. The van der Waals surface area contributed by atoms with E-state index in [1.165, 1.54) is 0 Å². The van der Waals surface area contributed by atoms with Crippen molar-refractivity contribution in [3.05, 3.63) is 23.8 Å². The van der Waals surface area contributed by atoms with Crippen molar-refractivity contribution < 1.29 is 23.8 Å². The number of carbonyl (C=O) groups excluding carboxylic acids is 2. The number of nitrogens with one attached hydrogen (secondary N) is 1. The molecule has 0 radical (unpaired) electrons. The zero-order valence-electron chi connectivity index (χ0n) is 16.5. The topological polar surface area (TPSA) is 73.9 Å². The quantitative estimate of drug-likeness (QED) is 0.595. The largest absolute Gasteiger partial charge is 0.493 e. The van der Waals surface area contributed by atoms with Gasteiger partial charge in [-0.25, -0.2) is 4.79 Å². The predicted octanol–water partition coefficient (Wildman–Crippen LogP) is 4.19. The Bertz CT molecular complexity index is 594. The molecule has 1 N–H and O–H groups in total. The standard InChI is InChI=1S/C20H31NO5/c1-6-12-20(5,26-9-4)19(23)21-15-10-11-17(25-13-7-2)16(14-15)18(22)24-8-3/h10-11,14H,6-9,12-13H2,1-5H3,(H,21,23)/t20-/m1/s1. The van der Waals surface area contributed by atoms with Crippen LogP contribution >= 0.6 is 0 Å². The highest BCUT2D eigenvalue weighted by Crippen LogP contribution is 2.26. The average molecular weight is 365 g/mol. The molecule has 0 aliphatic carbocycles. The van der Waals surface area contributed by atoms with Gasteiger partial charge in [0.15, 0.2) is 0 Å². The van der Waals surface area contributed by atoms with Gasteiger partial charge in [-0.05, 0) is 51.8 Å². The number of hydrogen-bond donors (Lipinski definition) is 1. The third-order valence-corrected chi connectivity index (χ3v) is 3.86. The fourth-order valence-electron chi connectivity index (χ4n) is 2.62. The number of rotatable bonds is 11. The Labute approximate surface area is 156 Å². The summed E-state index contributed by atoms with van der Waals surface area (Å²) in [5.41, 5.74) is -0.110. The van der Waals surface area contributed by atoms with E-state index in [0.29, 0.717) is 36.6 Å². The molecule has 1 aromatic carbocycles. The van der Waals surface area contributed by atoms with Crippen molar-refractivity contribution in [3.63, 3.8) is 0 Å².